The van der Waals surface area contributed by atoms with Crippen molar-refractivity contribution in [3.8, 4) is 11.9 Å². The zero-order chi connectivity index (χ0) is 21.3. The molecule has 6 atom stereocenters. The molecule has 5 unspecified atom stereocenters. The van der Waals surface area contributed by atoms with Crippen molar-refractivity contribution in [3.63, 3.8) is 0 Å². The molecule has 1 aromatic heterocycles. The number of alkyl halides is 1. The number of fused-ring (bicyclic) bond motifs is 1. The minimum Gasteiger partial charge on any atom is -0.480 e. The predicted octanol–water partition coefficient (Wildman–Crippen LogP) is 2.47. The molecule has 1 aliphatic heterocycles. The number of aromatic nitrogens is 2. The number of ether oxygens (including phenoxy) is 2. The third kappa shape index (κ3) is 4.62. The van der Waals surface area contributed by atoms with Gasteiger partial charge in [0.15, 0.2) is 0 Å². The topological polar surface area (TPSA) is 109 Å². The third-order valence-electron chi connectivity index (χ3n) is 6.48. The first-order valence-electron chi connectivity index (χ1n) is 10.6. The monoisotopic (exact) mass is 433 g/mol. The van der Waals surface area contributed by atoms with Crippen LogP contribution in [0.25, 0.3) is 0 Å². The fraction of sp³-hybridized carbons (Fsp3) is 0.714. The van der Waals surface area contributed by atoms with Gasteiger partial charge in [-0.3, -0.25) is 4.79 Å². The zero-order valence-corrected chi connectivity index (χ0v) is 18.1. The molecule has 3 aliphatic rings. The first-order valence-corrected chi connectivity index (χ1v) is 11.1. The molecule has 1 saturated heterocycles. The van der Waals surface area contributed by atoms with Crippen LogP contribution >= 0.6 is 11.6 Å². The Labute approximate surface area is 181 Å². The number of anilines is 1. The molecule has 4 rings (SSSR count). The Bertz CT molecular complexity index is 827. The highest BCUT2D eigenvalue weighted by Gasteiger charge is 2.44. The average Bonchev–Trinajstić information content (AvgIpc) is 3.56. The largest absolute Gasteiger partial charge is 0.480 e. The molecule has 8 nitrogen and oxygen atoms in total. The van der Waals surface area contributed by atoms with Crippen LogP contribution in [0.4, 0.5) is 5.95 Å². The fourth-order valence-electron chi connectivity index (χ4n) is 4.48. The normalized spacial score (nSPS) is 31.8. The molecular formula is C21H28ClN5O3. The van der Waals surface area contributed by atoms with Crippen molar-refractivity contribution < 1.29 is 14.3 Å². The van der Waals surface area contributed by atoms with Crippen LogP contribution in [0, 0.1) is 29.1 Å². The molecule has 2 saturated carbocycles. The van der Waals surface area contributed by atoms with Gasteiger partial charge in [-0.25, -0.2) is 4.98 Å². The molecule has 0 radical (unpaired) electrons. The van der Waals surface area contributed by atoms with Crippen LogP contribution in [0.2, 0.25) is 0 Å². The maximum atomic E-state index is 12.8. The van der Waals surface area contributed by atoms with Crippen LogP contribution in [0.3, 0.4) is 0 Å². The van der Waals surface area contributed by atoms with Crippen molar-refractivity contribution in [2.45, 2.75) is 62.6 Å². The van der Waals surface area contributed by atoms with Gasteiger partial charge in [0.05, 0.1) is 30.7 Å². The maximum Gasteiger partial charge on any atom is 0.236 e. The summed E-state index contributed by atoms with van der Waals surface area (Å²) in [5, 5.41) is 15.4. The highest BCUT2D eigenvalue weighted by molar-refractivity contribution is 6.21. The molecule has 2 N–H and O–H groups in total. The number of hydrogen-bond acceptors (Lipinski definition) is 7. The molecule has 0 spiro atoms. The molecular weight excluding hydrogens is 406 g/mol. The Hall–Kier alpha value is -2.11. The lowest BCUT2D eigenvalue weighted by Crippen LogP contribution is -2.57. The van der Waals surface area contributed by atoms with Crippen molar-refractivity contribution in [2.75, 3.05) is 19.0 Å². The van der Waals surface area contributed by atoms with Crippen molar-refractivity contribution in [2.24, 2.45) is 17.8 Å². The molecule has 9 heteroatoms. The van der Waals surface area contributed by atoms with E-state index in [1.165, 1.54) is 26.1 Å². The zero-order valence-electron chi connectivity index (χ0n) is 17.3. The molecule has 2 heterocycles. The van der Waals surface area contributed by atoms with Gasteiger partial charge in [-0.1, -0.05) is 0 Å². The third-order valence-corrected chi connectivity index (χ3v) is 6.94. The molecule has 3 fully saturated rings. The number of halogens is 1. The van der Waals surface area contributed by atoms with E-state index in [1.54, 1.807) is 0 Å². The second kappa shape index (κ2) is 8.94. The number of nitriles is 1. The Kier molecular flexibility index (Phi) is 6.30. The van der Waals surface area contributed by atoms with Crippen LogP contribution in [-0.2, 0) is 9.53 Å². The number of carbonyl (C=O) groups excluding carboxylic acids is 1. The van der Waals surface area contributed by atoms with Gasteiger partial charge in [0.25, 0.3) is 0 Å². The standard InChI is InChI=1S/C21H28ClN5O3/c1-11(25-21-24-9-14(8-23)20(27-21)29-2)15-5-13-6-16(22)18(30-10-12-3-4-12)7-17(13)26-19(15)28/h9,11-13,15-18H,3-7,10H2,1-2H3,(H,26,28)(H,24,25,27)/t11-,13?,15?,16?,17?,18?/m0/s1. The van der Waals surface area contributed by atoms with Gasteiger partial charge in [0, 0.05) is 18.7 Å². The van der Waals surface area contributed by atoms with Crippen LogP contribution < -0.4 is 15.4 Å². The lowest BCUT2D eigenvalue weighted by atomic mass is 9.73. The lowest BCUT2D eigenvalue weighted by molar-refractivity contribution is -0.131. The van der Waals surface area contributed by atoms with Crippen molar-refractivity contribution >= 4 is 23.5 Å². The number of carbonyl (C=O) groups is 1. The van der Waals surface area contributed by atoms with Gasteiger partial charge in [0.1, 0.15) is 11.6 Å². The number of amides is 1. The van der Waals surface area contributed by atoms with Crippen LogP contribution in [0.1, 0.15) is 44.6 Å². The van der Waals surface area contributed by atoms with E-state index in [9.17, 15) is 4.79 Å². The highest BCUT2D eigenvalue weighted by atomic mass is 35.5. The first kappa shape index (κ1) is 21.1. The van der Waals surface area contributed by atoms with E-state index >= 15 is 0 Å². The molecule has 30 heavy (non-hydrogen) atoms. The van der Waals surface area contributed by atoms with E-state index in [4.69, 9.17) is 26.3 Å². The van der Waals surface area contributed by atoms with Crippen molar-refractivity contribution in [3.05, 3.63) is 11.8 Å². The summed E-state index contributed by atoms with van der Waals surface area (Å²) in [4.78, 5) is 21.2. The second-order valence-electron chi connectivity index (χ2n) is 8.68. The molecule has 1 aromatic rings. The van der Waals surface area contributed by atoms with E-state index in [0.29, 0.717) is 17.8 Å². The van der Waals surface area contributed by atoms with E-state index in [-0.39, 0.29) is 46.8 Å². The van der Waals surface area contributed by atoms with Gasteiger partial charge >= 0.3 is 0 Å². The number of nitrogens with zero attached hydrogens (tertiary/aromatic N) is 3. The summed E-state index contributed by atoms with van der Waals surface area (Å²) < 4.78 is 11.2. The highest BCUT2D eigenvalue weighted by Crippen LogP contribution is 2.39. The van der Waals surface area contributed by atoms with E-state index in [1.807, 2.05) is 13.0 Å². The van der Waals surface area contributed by atoms with Gasteiger partial charge < -0.3 is 20.1 Å². The molecule has 0 aromatic carbocycles. The van der Waals surface area contributed by atoms with Crippen LogP contribution in [0.5, 0.6) is 5.88 Å². The van der Waals surface area contributed by atoms with E-state index < -0.39 is 0 Å². The van der Waals surface area contributed by atoms with E-state index in [0.717, 1.165) is 25.9 Å². The number of piperidine rings is 1. The summed E-state index contributed by atoms with van der Waals surface area (Å²) in [5.41, 5.74) is 0.266. The SMILES string of the molecule is COc1nc(N[C@@H](C)C2CC3CC(Cl)C(OCC4CC4)CC3NC2=O)ncc1C#N. The second-order valence-corrected chi connectivity index (χ2v) is 9.24. The van der Waals surface area contributed by atoms with Crippen molar-refractivity contribution in [1.82, 2.24) is 15.3 Å². The fourth-order valence-corrected chi connectivity index (χ4v) is 4.88. The van der Waals surface area contributed by atoms with Gasteiger partial charge in [0.2, 0.25) is 17.7 Å². The van der Waals surface area contributed by atoms with Gasteiger partial charge in [-0.15, -0.1) is 11.6 Å². The minimum atomic E-state index is -0.218. The number of rotatable bonds is 7. The number of hydrogen-bond donors (Lipinski definition) is 2. The smallest absolute Gasteiger partial charge is 0.236 e. The average molecular weight is 434 g/mol. The molecule has 2 aliphatic carbocycles. The molecule has 0 bridgehead atoms. The van der Waals surface area contributed by atoms with Gasteiger partial charge in [-0.2, -0.15) is 10.2 Å². The van der Waals surface area contributed by atoms with E-state index in [2.05, 4.69) is 20.6 Å². The summed E-state index contributed by atoms with van der Waals surface area (Å²) in [6.45, 7) is 2.73. The Morgan fingerprint density at radius 2 is 2.20 bits per heavy atom. The number of nitrogens with one attached hydrogen (secondary N) is 2. The Morgan fingerprint density at radius 1 is 1.40 bits per heavy atom. The summed E-state index contributed by atoms with van der Waals surface area (Å²) >= 11 is 6.65. The predicted molar refractivity (Wildman–Crippen MR) is 111 cm³/mol. The van der Waals surface area contributed by atoms with Crippen molar-refractivity contribution in [1.29, 1.82) is 5.26 Å². The van der Waals surface area contributed by atoms with Gasteiger partial charge in [-0.05, 0) is 50.9 Å². The van der Waals surface area contributed by atoms with Crippen LogP contribution in [0.15, 0.2) is 6.20 Å². The molecule has 162 valence electrons. The summed E-state index contributed by atoms with van der Waals surface area (Å²) in [7, 11) is 1.46. The summed E-state index contributed by atoms with van der Waals surface area (Å²) in [6.07, 6.45) is 6.32. The summed E-state index contributed by atoms with van der Waals surface area (Å²) in [5.74, 6) is 1.39. The Balaban J connectivity index is 1.37. The minimum absolute atomic E-state index is 0.0143. The lowest BCUT2D eigenvalue weighted by Gasteiger charge is -2.45. The summed E-state index contributed by atoms with van der Waals surface area (Å²) in [6, 6.07) is 1.93. The Morgan fingerprint density at radius 3 is 2.90 bits per heavy atom. The first-order chi connectivity index (χ1) is 14.5. The maximum absolute atomic E-state index is 12.8. The quantitative estimate of drug-likeness (QED) is 0.635. The molecule has 1 amide bonds. The van der Waals surface area contributed by atoms with Crippen LogP contribution in [-0.4, -0.2) is 53.2 Å². The number of methoxy groups -OCH3 is 1.